The van der Waals surface area contributed by atoms with Gasteiger partial charge in [0, 0.05) is 12.5 Å². The number of hydrogen-bond donors (Lipinski definition) is 0. The van der Waals surface area contributed by atoms with Gasteiger partial charge in [-0.25, -0.2) is 4.58 Å². The molecule has 0 spiro atoms. The first-order chi connectivity index (χ1) is 11.1. The Kier molecular flexibility index (Phi) is 4.35. The van der Waals surface area contributed by atoms with Gasteiger partial charge in [0.05, 0.1) is 10.8 Å². The monoisotopic (exact) mass is 379 g/mol. The van der Waals surface area contributed by atoms with E-state index in [1.807, 2.05) is 0 Å². The first-order valence-electron chi connectivity index (χ1n) is 8.25. The second-order valence-corrected chi connectivity index (χ2v) is 6.82. The summed E-state index contributed by atoms with van der Waals surface area (Å²) in [5, 5.41) is 2.67. The van der Waals surface area contributed by atoms with E-state index in [-0.39, 0.29) is 22.4 Å². The molecule has 1 nitrogen and oxygen atoms in total. The van der Waals surface area contributed by atoms with Crippen LogP contribution in [0.3, 0.4) is 0 Å². The van der Waals surface area contributed by atoms with Gasteiger partial charge in [0.25, 0.3) is 0 Å². The Labute approximate surface area is 154 Å². The van der Waals surface area contributed by atoms with Crippen molar-refractivity contribution in [3.05, 3.63) is 77.9 Å². The van der Waals surface area contributed by atoms with Crippen LogP contribution >= 0.6 is 0 Å². The second-order valence-electron chi connectivity index (χ2n) is 6.82. The van der Waals surface area contributed by atoms with Crippen LogP contribution in [-0.4, -0.2) is 17.3 Å². The van der Waals surface area contributed by atoms with Gasteiger partial charge in [0.1, 0.15) is 7.05 Å². The molecule has 0 bridgehead atoms. The lowest BCUT2D eigenvalue weighted by molar-refractivity contribution is -0.401. The van der Waals surface area contributed by atoms with Crippen molar-refractivity contribution in [2.75, 3.05) is 7.05 Å². The standard InChI is InChI=1S/C22H22N.BrH/c1-16-22(2,15-17-9-5-4-6-10-17)20-14-13-18-11-7-8-12-19(18)21(20)23(16)3;/h4-14H,15H2,1-3H3;1H/q+1;/p-1. The highest BCUT2D eigenvalue weighted by molar-refractivity contribution is 6.02. The van der Waals surface area contributed by atoms with Gasteiger partial charge in [0.2, 0.25) is 5.69 Å². The smallest absolute Gasteiger partial charge is 0.217 e. The third-order valence-corrected chi connectivity index (χ3v) is 5.53. The van der Waals surface area contributed by atoms with E-state index in [1.165, 1.54) is 33.3 Å². The van der Waals surface area contributed by atoms with Crippen LogP contribution in [0.15, 0.2) is 66.7 Å². The molecule has 0 fully saturated rings. The summed E-state index contributed by atoms with van der Waals surface area (Å²) in [6.07, 6.45) is 1.04. The van der Waals surface area contributed by atoms with Gasteiger partial charge in [-0.1, -0.05) is 60.7 Å². The summed E-state index contributed by atoms with van der Waals surface area (Å²) in [5.41, 5.74) is 5.69. The molecule has 122 valence electrons. The molecule has 0 N–H and O–H groups in total. The molecule has 24 heavy (non-hydrogen) atoms. The molecule has 0 amide bonds. The summed E-state index contributed by atoms with van der Waals surface area (Å²) < 4.78 is 2.39. The van der Waals surface area contributed by atoms with E-state index in [9.17, 15) is 0 Å². The Morgan fingerprint density at radius 2 is 1.54 bits per heavy atom. The minimum Gasteiger partial charge on any atom is -1.00 e. The van der Waals surface area contributed by atoms with Crippen LogP contribution in [0.2, 0.25) is 0 Å². The fraction of sp³-hybridized carbons (Fsp3) is 0.227. The Hall–Kier alpha value is -1.93. The minimum absolute atomic E-state index is 0. The number of hydrogen-bond acceptors (Lipinski definition) is 0. The normalized spacial score (nSPS) is 19.3. The topological polar surface area (TPSA) is 3.01 Å². The molecule has 0 aliphatic carbocycles. The third kappa shape index (κ3) is 2.41. The zero-order chi connectivity index (χ0) is 16.0. The fourth-order valence-electron chi connectivity index (χ4n) is 4.02. The van der Waals surface area contributed by atoms with Crippen molar-refractivity contribution >= 4 is 22.2 Å². The summed E-state index contributed by atoms with van der Waals surface area (Å²) in [5.74, 6) is 0. The van der Waals surface area contributed by atoms with E-state index in [4.69, 9.17) is 0 Å². The van der Waals surface area contributed by atoms with Gasteiger partial charge >= 0.3 is 0 Å². The van der Waals surface area contributed by atoms with Gasteiger partial charge in [-0.3, -0.25) is 0 Å². The summed E-state index contributed by atoms with van der Waals surface area (Å²) in [7, 11) is 2.21. The van der Waals surface area contributed by atoms with Crippen molar-refractivity contribution in [2.24, 2.45) is 0 Å². The Morgan fingerprint density at radius 3 is 2.29 bits per heavy atom. The maximum atomic E-state index is 2.39. The predicted octanol–water partition coefficient (Wildman–Crippen LogP) is 2.09. The highest BCUT2D eigenvalue weighted by Gasteiger charge is 2.45. The van der Waals surface area contributed by atoms with Gasteiger partial charge < -0.3 is 17.0 Å². The van der Waals surface area contributed by atoms with Crippen LogP contribution in [0.5, 0.6) is 0 Å². The van der Waals surface area contributed by atoms with Crippen molar-refractivity contribution in [1.82, 2.24) is 0 Å². The molecule has 4 rings (SSSR count). The van der Waals surface area contributed by atoms with Crippen LogP contribution in [0.1, 0.15) is 25.0 Å². The predicted molar refractivity (Wildman–Crippen MR) is 98.0 cm³/mol. The van der Waals surface area contributed by atoms with Crippen molar-refractivity contribution in [2.45, 2.75) is 25.7 Å². The number of rotatable bonds is 2. The average molecular weight is 380 g/mol. The molecule has 0 aromatic heterocycles. The lowest BCUT2D eigenvalue weighted by Crippen LogP contribution is -3.00. The SMILES string of the molecule is CC1=[N+](C)c2c(ccc3ccccc23)C1(C)Cc1ccccc1.[Br-]. The second kappa shape index (κ2) is 6.18. The number of nitrogens with zero attached hydrogens (tertiary/aromatic N) is 1. The van der Waals surface area contributed by atoms with Crippen molar-refractivity contribution in [3.63, 3.8) is 0 Å². The Balaban J connectivity index is 0.00000169. The van der Waals surface area contributed by atoms with E-state index in [2.05, 4.69) is 92.2 Å². The lowest BCUT2D eigenvalue weighted by Gasteiger charge is -2.22. The molecule has 1 aliphatic rings. The highest BCUT2D eigenvalue weighted by atomic mass is 79.9. The van der Waals surface area contributed by atoms with Crippen LogP contribution in [0, 0.1) is 0 Å². The maximum Gasteiger partial charge on any atom is 0.217 e. The summed E-state index contributed by atoms with van der Waals surface area (Å²) in [6.45, 7) is 4.66. The largest absolute Gasteiger partial charge is 1.00 e. The van der Waals surface area contributed by atoms with Crippen LogP contribution < -0.4 is 17.0 Å². The van der Waals surface area contributed by atoms with Crippen LogP contribution in [-0.2, 0) is 11.8 Å². The molecule has 2 heteroatoms. The molecule has 3 aromatic carbocycles. The third-order valence-electron chi connectivity index (χ3n) is 5.53. The molecule has 0 radical (unpaired) electrons. The zero-order valence-electron chi connectivity index (χ0n) is 14.4. The molecule has 1 heterocycles. The molecule has 0 saturated carbocycles. The molecular formula is C22H22BrN. The van der Waals surface area contributed by atoms with Gasteiger partial charge in [-0.2, -0.15) is 0 Å². The zero-order valence-corrected chi connectivity index (χ0v) is 16.0. The lowest BCUT2D eigenvalue weighted by atomic mass is 9.75. The first kappa shape index (κ1) is 16.9. The minimum atomic E-state index is 0. The summed E-state index contributed by atoms with van der Waals surface area (Å²) in [6, 6.07) is 24.1. The molecule has 1 unspecified atom stereocenters. The van der Waals surface area contributed by atoms with Gasteiger partial charge in [-0.15, -0.1) is 0 Å². The van der Waals surface area contributed by atoms with Gasteiger partial charge in [-0.05, 0) is 30.4 Å². The molecule has 1 atom stereocenters. The molecule has 3 aromatic rings. The van der Waals surface area contributed by atoms with Crippen molar-refractivity contribution in [3.8, 4) is 0 Å². The van der Waals surface area contributed by atoms with Crippen LogP contribution in [0.4, 0.5) is 5.69 Å². The number of fused-ring (bicyclic) bond motifs is 3. The van der Waals surface area contributed by atoms with E-state index < -0.39 is 0 Å². The van der Waals surface area contributed by atoms with E-state index in [0.717, 1.165) is 6.42 Å². The molecular weight excluding hydrogens is 358 g/mol. The Morgan fingerprint density at radius 1 is 0.875 bits per heavy atom. The number of halogens is 1. The molecule has 1 aliphatic heterocycles. The van der Waals surface area contributed by atoms with Crippen molar-refractivity contribution in [1.29, 1.82) is 0 Å². The van der Waals surface area contributed by atoms with E-state index in [1.54, 1.807) is 0 Å². The quantitative estimate of drug-likeness (QED) is 0.599. The highest BCUT2D eigenvalue weighted by Crippen LogP contribution is 2.44. The van der Waals surface area contributed by atoms with Gasteiger partial charge in [0.15, 0.2) is 5.71 Å². The van der Waals surface area contributed by atoms with E-state index >= 15 is 0 Å². The number of benzene rings is 3. The average Bonchev–Trinajstić information content (AvgIpc) is 2.78. The van der Waals surface area contributed by atoms with Crippen molar-refractivity contribution < 1.29 is 21.6 Å². The summed E-state index contributed by atoms with van der Waals surface area (Å²) >= 11 is 0. The molecule has 0 saturated heterocycles. The fourth-order valence-corrected chi connectivity index (χ4v) is 4.02. The van der Waals surface area contributed by atoms with E-state index in [0.29, 0.717) is 0 Å². The summed E-state index contributed by atoms with van der Waals surface area (Å²) in [4.78, 5) is 0. The van der Waals surface area contributed by atoms with Crippen LogP contribution in [0.25, 0.3) is 10.8 Å². The first-order valence-corrected chi connectivity index (χ1v) is 8.25. The maximum absolute atomic E-state index is 2.39. The Bertz CT molecular complexity index is 927.